The van der Waals surface area contributed by atoms with Crippen molar-refractivity contribution < 1.29 is 0 Å². The molecule has 1 aliphatic carbocycles. The van der Waals surface area contributed by atoms with Gasteiger partial charge in [-0.3, -0.25) is 0 Å². The highest BCUT2D eigenvalue weighted by Gasteiger charge is 2.18. The van der Waals surface area contributed by atoms with E-state index in [4.69, 9.17) is 0 Å². The van der Waals surface area contributed by atoms with Crippen LogP contribution in [0.3, 0.4) is 0 Å². The monoisotopic (exact) mass is 382 g/mol. The van der Waals surface area contributed by atoms with Gasteiger partial charge in [-0.25, -0.2) is 0 Å². The maximum absolute atomic E-state index is 2.40. The fourth-order valence-electron chi connectivity index (χ4n) is 4.94. The third kappa shape index (κ3) is 2.69. The van der Waals surface area contributed by atoms with E-state index in [0.29, 0.717) is 0 Å². The Balaban J connectivity index is 1.87. The Hall–Kier alpha value is -3.64. The molecule has 0 aliphatic heterocycles. The summed E-state index contributed by atoms with van der Waals surface area (Å²) in [7, 11) is 0. The Morgan fingerprint density at radius 2 is 1.13 bits per heavy atom. The molecule has 0 bridgehead atoms. The summed E-state index contributed by atoms with van der Waals surface area (Å²) in [6, 6.07) is 33.3. The number of allylic oxidation sites excluding steroid dienone is 4. The lowest BCUT2D eigenvalue weighted by atomic mass is 9.83. The minimum atomic E-state index is 1.09. The SMILES string of the molecule is C1=CCCC(c2c3ccccc3c(-c3ccccc3)c3cc4ccccc4cc23)=C1. The summed E-state index contributed by atoms with van der Waals surface area (Å²) in [5.74, 6) is 0. The van der Waals surface area contributed by atoms with Crippen molar-refractivity contribution in [1.82, 2.24) is 0 Å². The van der Waals surface area contributed by atoms with Crippen LogP contribution in [-0.2, 0) is 0 Å². The molecule has 0 saturated carbocycles. The third-order valence-electron chi connectivity index (χ3n) is 6.29. The first-order valence-corrected chi connectivity index (χ1v) is 10.7. The van der Waals surface area contributed by atoms with Crippen LogP contribution in [0.4, 0.5) is 0 Å². The van der Waals surface area contributed by atoms with Gasteiger partial charge in [0.25, 0.3) is 0 Å². The molecule has 0 heterocycles. The van der Waals surface area contributed by atoms with E-state index >= 15 is 0 Å². The first kappa shape index (κ1) is 17.2. The summed E-state index contributed by atoms with van der Waals surface area (Å²) in [5.41, 5.74) is 5.45. The molecule has 0 heteroatoms. The lowest BCUT2D eigenvalue weighted by Crippen LogP contribution is -1.95. The van der Waals surface area contributed by atoms with Crippen molar-refractivity contribution in [2.75, 3.05) is 0 Å². The standard InChI is InChI=1S/C30H22/c1-3-11-21(12-4-1)29-25-17-9-10-18-26(25)30(22-13-5-2-6-14-22)28-20-24-16-8-7-15-23(24)19-27(28)29/h1-5,7-13,15-20H,6,14H2. The van der Waals surface area contributed by atoms with Gasteiger partial charge in [0, 0.05) is 0 Å². The second-order valence-corrected chi connectivity index (χ2v) is 8.07. The molecule has 5 aromatic rings. The topological polar surface area (TPSA) is 0 Å². The van der Waals surface area contributed by atoms with E-state index in [9.17, 15) is 0 Å². The zero-order valence-corrected chi connectivity index (χ0v) is 16.8. The summed E-state index contributed by atoms with van der Waals surface area (Å²) >= 11 is 0. The smallest absolute Gasteiger partial charge is 0.00262 e. The van der Waals surface area contributed by atoms with Crippen molar-refractivity contribution in [2.45, 2.75) is 12.8 Å². The average Bonchev–Trinajstić information content (AvgIpc) is 2.82. The van der Waals surface area contributed by atoms with Gasteiger partial charge in [0.2, 0.25) is 0 Å². The normalized spacial score (nSPS) is 13.8. The van der Waals surface area contributed by atoms with Crippen molar-refractivity contribution in [3.8, 4) is 11.1 Å². The predicted octanol–water partition coefficient (Wildman–Crippen LogP) is 8.55. The van der Waals surface area contributed by atoms with Crippen LogP contribution in [0.2, 0.25) is 0 Å². The van der Waals surface area contributed by atoms with Crippen molar-refractivity contribution in [1.29, 1.82) is 0 Å². The second-order valence-electron chi connectivity index (χ2n) is 8.07. The molecule has 0 unspecified atom stereocenters. The van der Waals surface area contributed by atoms with E-state index in [1.807, 2.05) is 0 Å². The van der Waals surface area contributed by atoms with Gasteiger partial charge in [0.1, 0.15) is 0 Å². The molecule has 0 radical (unpaired) electrons. The van der Waals surface area contributed by atoms with Gasteiger partial charge in [0.05, 0.1) is 0 Å². The molecule has 5 aromatic carbocycles. The Morgan fingerprint density at radius 3 is 1.80 bits per heavy atom. The molecule has 0 spiro atoms. The van der Waals surface area contributed by atoms with Crippen LogP contribution in [0.25, 0.3) is 49.0 Å². The number of benzene rings is 5. The van der Waals surface area contributed by atoms with Crippen LogP contribution < -0.4 is 0 Å². The van der Waals surface area contributed by atoms with E-state index in [1.54, 1.807) is 0 Å². The fourth-order valence-corrected chi connectivity index (χ4v) is 4.94. The molecule has 0 N–H and O–H groups in total. The summed E-state index contributed by atoms with van der Waals surface area (Å²) in [6.45, 7) is 0. The van der Waals surface area contributed by atoms with Crippen LogP contribution in [0.15, 0.2) is 109 Å². The molecular formula is C30H22. The molecule has 0 atom stereocenters. The number of hydrogen-bond acceptors (Lipinski definition) is 0. The Bertz CT molecular complexity index is 1470. The maximum atomic E-state index is 2.40. The van der Waals surface area contributed by atoms with E-state index in [2.05, 4.69) is 109 Å². The quantitative estimate of drug-likeness (QED) is 0.268. The van der Waals surface area contributed by atoms with Gasteiger partial charge in [-0.2, -0.15) is 0 Å². The van der Waals surface area contributed by atoms with E-state index in [1.165, 1.54) is 54.6 Å². The number of hydrogen-bond donors (Lipinski definition) is 0. The van der Waals surface area contributed by atoms with Crippen molar-refractivity contribution in [2.24, 2.45) is 0 Å². The first-order valence-electron chi connectivity index (χ1n) is 10.7. The maximum Gasteiger partial charge on any atom is -0.00262 e. The van der Waals surface area contributed by atoms with Crippen LogP contribution in [0, 0.1) is 0 Å². The average molecular weight is 383 g/mol. The number of fused-ring (bicyclic) bond motifs is 3. The van der Waals surface area contributed by atoms with E-state index in [-0.39, 0.29) is 0 Å². The van der Waals surface area contributed by atoms with Crippen molar-refractivity contribution in [3.05, 3.63) is 115 Å². The molecule has 0 nitrogen and oxygen atoms in total. The predicted molar refractivity (Wildman–Crippen MR) is 131 cm³/mol. The van der Waals surface area contributed by atoms with Gasteiger partial charge >= 0.3 is 0 Å². The minimum Gasteiger partial charge on any atom is -0.0842 e. The first-order chi connectivity index (χ1) is 14.9. The van der Waals surface area contributed by atoms with Gasteiger partial charge in [-0.05, 0) is 79.6 Å². The van der Waals surface area contributed by atoms with Crippen molar-refractivity contribution >= 4 is 37.9 Å². The van der Waals surface area contributed by atoms with Crippen LogP contribution in [0.1, 0.15) is 18.4 Å². The molecule has 30 heavy (non-hydrogen) atoms. The molecule has 0 saturated heterocycles. The van der Waals surface area contributed by atoms with Gasteiger partial charge in [0.15, 0.2) is 0 Å². The summed E-state index contributed by atoms with van der Waals surface area (Å²) in [5, 5.41) is 7.96. The van der Waals surface area contributed by atoms with E-state index < -0.39 is 0 Å². The van der Waals surface area contributed by atoms with Crippen LogP contribution in [-0.4, -0.2) is 0 Å². The second kappa shape index (κ2) is 7.00. The van der Waals surface area contributed by atoms with Crippen LogP contribution >= 0.6 is 0 Å². The summed E-state index contributed by atoms with van der Waals surface area (Å²) in [6.07, 6.45) is 8.98. The minimum absolute atomic E-state index is 1.09. The fraction of sp³-hybridized carbons (Fsp3) is 0.0667. The molecule has 142 valence electrons. The van der Waals surface area contributed by atoms with Crippen LogP contribution in [0.5, 0.6) is 0 Å². The molecule has 0 amide bonds. The third-order valence-corrected chi connectivity index (χ3v) is 6.29. The van der Waals surface area contributed by atoms with Crippen molar-refractivity contribution in [3.63, 3.8) is 0 Å². The highest BCUT2D eigenvalue weighted by molar-refractivity contribution is 6.21. The van der Waals surface area contributed by atoms with E-state index in [0.717, 1.165) is 12.8 Å². The molecule has 0 fully saturated rings. The lowest BCUT2D eigenvalue weighted by Gasteiger charge is -2.20. The molecule has 0 aromatic heterocycles. The molecular weight excluding hydrogens is 360 g/mol. The molecule has 6 rings (SSSR count). The lowest BCUT2D eigenvalue weighted by molar-refractivity contribution is 1.06. The Kier molecular flexibility index (Phi) is 4.02. The zero-order valence-electron chi connectivity index (χ0n) is 16.8. The van der Waals surface area contributed by atoms with Gasteiger partial charge in [-0.15, -0.1) is 0 Å². The van der Waals surface area contributed by atoms with Gasteiger partial charge in [-0.1, -0.05) is 97.1 Å². The van der Waals surface area contributed by atoms with Gasteiger partial charge < -0.3 is 0 Å². The highest BCUT2D eigenvalue weighted by atomic mass is 14.2. The Labute approximate surface area is 176 Å². The zero-order chi connectivity index (χ0) is 19.9. The number of rotatable bonds is 2. The largest absolute Gasteiger partial charge is 0.0842 e. The summed E-state index contributed by atoms with van der Waals surface area (Å²) < 4.78 is 0. The highest BCUT2D eigenvalue weighted by Crippen LogP contribution is 2.44. The Morgan fingerprint density at radius 1 is 0.533 bits per heavy atom. The summed E-state index contributed by atoms with van der Waals surface area (Å²) in [4.78, 5) is 0. The molecule has 1 aliphatic rings.